The molecule has 0 N–H and O–H groups in total. The summed E-state index contributed by atoms with van der Waals surface area (Å²) >= 11 is 5.78. The monoisotopic (exact) mass is 274 g/mol. The molecule has 0 aromatic heterocycles. The topological polar surface area (TPSA) is 35.5 Å². The summed E-state index contributed by atoms with van der Waals surface area (Å²) in [5.41, 5.74) is 1.05. The van der Waals surface area contributed by atoms with Crippen molar-refractivity contribution in [1.29, 1.82) is 0 Å². The molecule has 17 heavy (non-hydrogen) atoms. The zero-order valence-electron chi connectivity index (χ0n) is 9.93. The molecule has 3 nitrogen and oxygen atoms in total. The van der Waals surface area contributed by atoms with Crippen LogP contribution in [-0.4, -0.2) is 20.4 Å². The standard InChI is InChI=1S/C12H16ClO3P/c1-15-17(14,16-2)10-4-3-5-11-6-8-12(13)9-7-11/h3,5-9H,4,10H2,1-2H3/b5-3+. The van der Waals surface area contributed by atoms with Crippen LogP contribution in [0.2, 0.25) is 5.02 Å². The van der Waals surface area contributed by atoms with Crippen molar-refractivity contribution < 1.29 is 13.6 Å². The van der Waals surface area contributed by atoms with E-state index in [4.69, 9.17) is 20.6 Å². The van der Waals surface area contributed by atoms with E-state index in [1.54, 1.807) is 0 Å². The van der Waals surface area contributed by atoms with Crippen molar-refractivity contribution in [3.8, 4) is 0 Å². The lowest BCUT2D eigenvalue weighted by Crippen LogP contribution is -1.93. The Hall–Kier alpha value is -0.600. The van der Waals surface area contributed by atoms with E-state index in [0.717, 1.165) is 5.56 Å². The summed E-state index contributed by atoms with van der Waals surface area (Å²) in [4.78, 5) is 0. The number of allylic oxidation sites excluding steroid dienone is 1. The number of halogens is 1. The second kappa shape index (κ2) is 6.97. The third-order valence-electron chi connectivity index (χ3n) is 2.31. The fourth-order valence-electron chi connectivity index (χ4n) is 1.28. The summed E-state index contributed by atoms with van der Waals surface area (Å²) in [5.74, 6) is 0. The van der Waals surface area contributed by atoms with Crippen molar-refractivity contribution in [2.75, 3.05) is 20.4 Å². The number of rotatable bonds is 6. The SMILES string of the molecule is COP(=O)(CC/C=C/c1ccc(Cl)cc1)OC. The van der Waals surface area contributed by atoms with Crippen molar-refractivity contribution in [3.05, 3.63) is 40.9 Å². The van der Waals surface area contributed by atoms with Crippen molar-refractivity contribution in [2.45, 2.75) is 6.42 Å². The maximum atomic E-state index is 11.7. The van der Waals surface area contributed by atoms with E-state index in [0.29, 0.717) is 17.6 Å². The highest BCUT2D eigenvalue weighted by Gasteiger charge is 2.18. The average Bonchev–Trinajstić information content (AvgIpc) is 2.36. The molecule has 1 rings (SSSR count). The molecular weight excluding hydrogens is 259 g/mol. The molecule has 0 aliphatic rings. The second-order valence-electron chi connectivity index (χ2n) is 3.44. The Kier molecular flexibility index (Phi) is 5.93. The third-order valence-corrected chi connectivity index (χ3v) is 4.48. The van der Waals surface area contributed by atoms with Crippen LogP contribution in [0.4, 0.5) is 0 Å². The minimum atomic E-state index is -2.88. The third kappa shape index (κ3) is 5.05. The van der Waals surface area contributed by atoms with E-state index in [1.165, 1.54) is 14.2 Å². The van der Waals surface area contributed by atoms with E-state index in [-0.39, 0.29) is 0 Å². The summed E-state index contributed by atoms with van der Waals surface area (Å²) in [7, 11) is -0.0906. The first-order valence-corrected chi connectivity index (χ1v) is 7.33. The van der Waals surface area contributed by atoms with Gasteiger partial charge in [-0.05, 0) is 24.1 Å². The molecule has 0 heterocycles. The highest BCUT2D eigenvalue weighted by molar-refractivity contribution is 7.53. The molecule has 0 saturated carbocycles. The predicted molar refractivity (Wildman–Crippen MR) is 71.6 cm³/mol. The molecule has 0 aliphatic carbocycles. The van der Waals surface area contributed by atoms with Gasteiger partial charge in [0.25, 0.3) is 0 Å². The van der Waals surface area contributed by atoms with Crippen LogP contribution in [0.5, 0.6) is 0 Å². The first-order chi connectivity index (χ1) is 8.09. The van der Waals surface area contributed by atoms with Gasteiger partial charge in [-0.15, -0.1) is 0 Å². The van der Waals surface area contributed by atoms with Gasteiger partial charge in [0.2, 0.25) is 0 Å². The van der Waals surface area contributed by atoms with Gasteiger partial charge in [-0.3, -0.25) is 4.57 Å². The van der Waals surface area contributed by atoms with Gasteiger partial charge in [-0.2, -0.15) is 0 Å². The van der Waals surface area contributed by atoms with E-state index in [2.05, 4.69) is 0 Å². The van der Waals surface area contributed by atoms with Gasteiger partial charge in [-0.25, -0.2) is 0 Å². The predicted octanol–water partition coefficient (Wildman–Crippen LogP) is 4.23. The summed E-state index contributed by atoms with van der Waals surface area (Å²) in [6, 6.07) is 7.50. The smallest absolute Gasteiger partial charge is 0.312 e. The number of hydrogen-bond acceptors (Lipinski definition) is 3. The molecule has 0 saturated heterocycles. The molecule has 0 radical (unpaired) electrons. The fourth-order valence-corrected chi connectivity index (χ4v) is 2.39. The second-order valence-corrected chi connectivity index (χ2v) is 6.28. The Labute approximate surface area is 107 Å². The summed E-state index contributed by atoms with van der Waals surface area (Å²) in [6.45, 7) is 0. The highest BCUT2D eigenvalue weighted by atomic mass is 35.5. The fraction of sp³-hybridized carbons (Fsp3) is 0.333. The van der Waals surface area contributed by atoms with Gasteiger partial charge in [0.15, 0.2) is 0 Å². The zero-order chi connectivity index (χ0) is 12.7. The lowest BCUT2D eigenvalue weighted by molar-refractivity contribution is 0.276. The van der Waals surface area contributed by atoms with Crippen LogP contribution >= 0.6 is 19.2 Å². The van der Waals surface area contributed by atoms with Crippen molar-refractivity contribution in [2.24, 2.45) is 0 Å². The molecule has 0 bridgehead atoms. The van der Waals surface area contributed by atoms with Crippen molar-refractivity contribution in [1.82, 2.24) is 0 Å². The van der Waals surface area contributed by atoms with E-state index < -0.39 is 7.60 Å². The molecule has 94 valence electrons. The molecule has 1 aromatic carbocycles. The van der Waals surface area contributed by atoms with Crippen LogP contribution in [0.15, 0.2) is 30.3 Å². The summed E-state index contributed by atoms with van der Waals surface area (Å²) in [5, 5.41) is 0.713. The van der Waals surface area contributed by atoms with E-state index in [9.17, 15) is 4.57 Å². The Balaban J connectivity index is 2.46. The summed E-state index contributed by atoms with van der Waals surface area (Å²) in [6.07, 6.45) is 4.91. The Bertz CT molecular complexity index is 406. The minimum absolute atomic E-state index is 0.379. The van der Waals surface area contributed by atoms with Crippen LogP contribution in [0.3, 0.4) is 0 Å². The first-order valence-electron chi connectivity index (χ1n) is 5.22. The Morgan fingerprint density at radius 3 is 2.35 bits per heavy atom. The molecule has 0 aliphatic heterocycles. The van der Waals surface area contributed by atoms with Crippen LogP contribution in [-0.2, 0) is 13.6 Å². The lowest BCUT2D eigenvalue weighted by atomic mass is 10.2. The largest absolute Gasteiger partial charge is 0.330 e. The normalized spacial score (nSPS) is 12.2. The van der Waals surface area contributed by atoms with E-state index >= 15 is 0 Å². The molecule has 5 heteroatoms. The number of hydrogen-bond donors (Lipinski definition) is 0. The quantitative estimate of drug-likeness (QED) is 0.728. The maximum Gasteiger partial charge on any atom is 0.330 e. The van der Waals surface area contributed by atoms with Gasteiger partial charge in [0.1, 0.15) is 0 Å². The maximum absolute atomic E-state index is 11.7. The molecule has 1 aromatic rings. The summed E-state index contributed by atoms with van der Waals surface area (Å²) < 4.78 is 21.4. The van der Waals surface area contributed by atoms with Gasteiger partial charge in [0.05, 0.1) is 6.16 Å². The number of benzene rings is 1. The Morgan fingerprint density at radius 1 is 1.24 bits per heavy atom. The molecule has 0 atom stereocenters. The molecule has 0 amide bonds. The van der Waals surface area contributed by atoms with Gasteiger partial charge in [0, 0.05) is 19.2 Å². The molecular formula is C12H16ClO3P. The van der Waals surface area contributed by atoms with E-state index in [1.807, 2.05) is 36.4 Å². The highest BCUT2D eigenvalue weighted by Crippen LogP contribution is 2.46. The molecule has 0 unspecified atom stereocenters. The van der Waals surface area contributed by atoms with Crippen molar-refractivity contribution in [3.63, 3.8) is 0 Å². The van der Waals surface area contributed by atoms with Gasteiger partial charge >= 0.3 is 7.60 Å². The zero-order valence-corrected chi connectivity index (χ0v) is 11.6. The Morgan fingerprint density at radius 2 is 1.82 bits per heavy atom. The molecule has 0 fully saturated rings. The van der Waals surface area contributed by atoms with Crippen LogP contribution < -0.4 is 0 Å². The van der Waals surface area contributed by atoms with Gasteiger partial charge in [-0.1, -0.05) is 35.9 Å². The first kappa shape index (κ1) is 14.5. The van der Waals surface area contributed by atoms with Crippen LogP contribution in [0, 0.1) is 0 Å². The average molecular weight is 275 g/mol. The lowest BCUT2D eigenvalue weighted by Gasteiger charge is -2.11. The van der Waals surface area contributed by atoms with Crippen LogP contribution in [0.1, 0.15) is 12.0 Å². The van der Waals surface area contributed by atoms with Crippen molar-refractivity contribution >= 4 is 25.3 Å². The minimum Gasteiger partial charge on any atom is -0.312 e. The van der Waals surface area contributed by atoms with Crippen LogP contribution in [0.25, 0.3) is 6.08 Å². The van der Waals surface area contributed by atoms with Gasteiger partial charge < -0.3 is 9.05 Å². The molecule has 0 spiro atoms.